The van der Waals surface area contributed by atoms with Gasteiger partial charge in [-0.2, -0.15) is 9.61 Å². The first-order valence-electron chi connectivity index (χ1n) is 10.6. The zero-order chi connectivity index (χ0) is 22.9. The highest BCUT2D eigenvalue weighted by Crippen LogP contribution is 2.27. The lowest BCUT2D eigenvalue weighted by atomic mass is 9.97. The number of methoxy groups -OCH3 is 1. The molecule has 32 heavy (non-hydrogen) atoms. The third-order valence-electron chi connectivity index (χ3n) is 5.79. The van der Waals surface area contributed by atoms with Crippen LogP contribution < -0.4 is 10.2 Å². The number of esters is 1. The minimum atomic E-state index is -0.972. The predicted octanol–water partition coefficient (Wildman–Crippen LogP) is 2.60. The second-order valence-electron chi connectivity index (χ2n) is 8.48. The van der Waals surface area contributed by atoms with Gasteiger partial charge in [0.25, 0.3) is 5.91 Å². The van der Waals surface area contributed by atoms with Gasteiger partial charge in [0.2, 0.25) is 0 Å². The Morgan fingerprint density at radius 3 is 2.47 bits per heavy atom. The van der Waals surface area contributed by atoms with E-state index in [1.165, 1.54) is 7.11 Å². The van der Waals surface area contributed by atoms with E-state index in [1.54, 1.807) is 61.0 Å². The molecule has 0 radical (unpaired) electrons. The van der Waals surface area contributed by atoms with Crippen molar-refractivity contribution in [2.45, 2.75) is 32.3 Å². The van der Waals surface area contributed by atoms with Gasteiger partial charge in [-0.1, -0.05) is 12.1 Å². The third-order valence-corrected chi connectivity index (χ3v) is 5.79. The number of nitrogens with one attached hydrogen (secondary N) is 1. The number of fused-ring (bicyclic) bond motifs is 1. The molecule has 4 rings (SSSR count). The number of rotatable bonds is 5. The van der Waals surface area contributed by atoms with Gasteiger partial charge in [-0.3, -0.25) is 9.59 Å². The molecule has 1 saturated heterocycles. The van der Waals surface area contributed by atoms with Crippen LogP contribution in [0.4, 0.5) is 11.6 Å². The van der Waals surface area contributed by atoms with Crippen LogP contribution in [0.2, 0.25) is 0 Å². The average Bonchev–Trinajstić information content (AvgIpc) is 3.26. The largest absolute Gasteiger partial charge is 0.469 e. The van der Waals surface area contributed by atoms with E-state index in [-0.39, 0.29) is 17.8 Å². The molecule has 0 spiro atoms. The van der Waals surface area contributed by atoms with Gasteiger partial charge < -0.3 is 20.1 Å². The molecule has 0 saturated carbocycles. The van der Waals surface area contributed by atoms with E-state index in [0.717, 1.165) is 11.4 Å². The second kappa shape index (κ2) is 8.58. The summed E-state index contributed by atoms with van der Waals surface area (Å²) in [5.74, 6) is 0.652. The molecule has 3 heterocycles. The van der Waals surface area contributed by atoms with Crippen molar-refractivity contribution in [2.75, 3.05) is 30.4 Å². The van der Waals surface area contributed by atoms with Crippen molar-refractivity contribution >= 4 is 29.2 Å². The molecule has 0 aliphatic carbocycles. The van der Waals surface area contributed by atoms with Gasteiger partial charge in [0, 0.05) is 30.8 Å². The standard InChI is InChI=1S/C23H27N5O4/c1-23(2,31)17-6-4-15(5-7-17)21(29)26-18-14-20(28-19(25-18)8-11-24-28)27-12-9-16(10-13-27)22(30)32-3/h4-8,11,14,16,31H,9-10,12-13H2,1-3H3,(H,25,26,29). The number of hydrogen-bond acceptors (Lipinski definition) is 7. The molecular weight excluding hydrogens is 410 g/mol. The Hall–Kier alpha value is -3.46. The first-order chi connectivity index (χ1) is 15.3. The minimum absolute atomic E-state index is 0.0998. The summed E-state index contributed by atoms with van der Waals surface area (Å²) in [6.45, 7) is 4.74. The number of aliphatic hydroxyl groups is 1. The van der Waals surface area contributed by atoms with Crippen molar-refractivity contribution in [3.05, 3.63) is 53.7 Å². The number of aromatic nitrogens is 3. The molecule has 2 N–H and O–H groups in total. The molecule has 1 aliphatic heterocycles. The molecule has 2 aromatic heterocycles. The summed E-state index contributed by atoms with van der Waals surface area (Å²) in [6, 6.07) is 10.4. The smallest absolute Gasteiger partial charge is 0.308 e. The number of hydrogen-bond donors (Lipinski definition) is 2. The van der Waals surface area contributed by atoms with E-state index >= 15 is 0 Å². The van der Waals surface area contributed by atoms with E-state index in [9.17, 15) is 14.7 Å². The molecule has 0 atom stereocenters. The molecule has 1 amide bonds. The van der Waals surface area contributed by atoms with Crippen LogP contribution >= 0.6 is 0 Å². The molecule has 0 unspecified atom stereocenters. The molecule has 1 aromatic carbocycles. The quantitative estimate of drug-likeness (QED) is 0.591. The maximum absolute atomic E-state index is 12.8. The Labute approximate surface area is 186 Å². The summed E-state index contributed by atoms with van der Waals surface area (Å²) in [4.78, 5) is 31.3. The van der Waals surface area contributed by atoms with Gasteiger partial charge in [0.15, 0.2) is 5.65 Å². The number of carbonyl (C=O) groups excluding carboxylic acids is 2. The number of carbonyl (C=O) groups is 2. The highest BCUT2D eigenvalue weighted by atomic mass is 16.5. The van der Waals surface area contributed by atoms with Crippen LogP contribution in [0.1, 0.15) is 42.6 Å². The molecule has 9 heteroatoms. The SMILES string of the molecule is COC(=O)C1CCN(c2cc(NC(=O)c3ccc(C(C)(C)O)cc3)nc3ccnn23)CC1. The van der Waals surface area contributed by atoms with Crippen LogP contribution in [-0.2, 0) is 15.1 Å². The highest BCUT2D eigenvalue weighted by Gasteiger charge is 2.27. The minimum Gasteiger partial charge on any atom is -0.469 e. The van der Waals surface area contributed by atoms with Crippen molar-refractivity contribution in [3.8, 4) is 0 Å². The molecular formula is C23H27N5O4. The molecule has 0 bridgehead atoms. The number of nitrogens with zero attached hydrogens (tertiary/aromatic N) is 4. The maximum Gasteiger partial charge on any atom is 0.308 e. The van der Waals surface area contributed by atoms with E-state index in [2.05, 4.69) is 20.3 Å². The van der Waals surface area contributed by atoms with E-state index in [1.807, 2.05) is 0 Å². The second-order valence-corrected chi connectivity index (χ2v) is 8.48. The fraction of sp³-hybridized carbons (Fsp3) is 0.391. The summed E-state index contributed by atoms with van der Waals surface area (Å²) in [7, 11) is 1.41. The maximum atomic E-state index is 12.8. The summed E-state index contributed by atoms with van der Waals surface area (Å²) >= 11 is 0. The summed E-state index contributed by atoms with van der Waals surface area (Å²) < 4.78 is 6.60. The summed E-state index contributed by atoms with van der Waals surface area (Å²) in [6.07, 6.45) is 3.04. The Kier molecular flexibility index (Phi) is 5.84. The van der Waals surface area contributed by atoms with Crippen molar-refractivity contribution < 1.29 is 19.4 Å². The van der Waals surface area contributed by atoms with Gasteiger partial charge in [-0.15, -0.1) is 0 Å². The van der Waals surface area contributed by atoms with Gasteiger partial charge in [0.05, 0.1) is 24.8 Å². The van der Waals surface area contributed by atoms with Gasteiger partial charge in [-0.05, 0) is 44.4 Å². The van der Waals surface area contributed by atoms with E-state index < -0.39 is 5.60 Å². The number of piperidine rings is 1. The molecule has 168 valence electrons. The van der Waals surface area contributed by atoms with Crippen LogP contribution in [0.25, 0.3) is 5.65 Å². The summed E-state index contributed by atoms with van der Waals surface area (Å²) in [5, 5.41) is 17.3. The van der Waals surface area contributed by atoms with Crippen LogP contribution in [-0.4, -0.2) is 51.8 Å². The Balaban J connectivity index is 1.54. The van der Waals surface area contributed by atoms with Crippen LogP contribution in [0, 0.1) is 5.92 Å². The lowest BCUT2D eigenvalue weighted by Crippen LogP contribution is -2.37. The van der Waals surface area contributed by atoms with E-state index in [0.29, 0.717) is 43.0 Å². The molecule has 3 aromatic rings. The number of anilines is 2. The van der Waals surface area contributed by atoms with Crippen molar-refractivity contribution in [1.82, 2.24) is 14.6 Å². The first-order valence-corrected chi connectivity index (χ1v) is 10.6. The van der Waals surface area contributed by atoms with Crippen LogP contribution in [0.3, 0.4) is 0 Å². The monoisotopic (exact) mass is 437 g/mol. The zero-order valence-corrected chi connectivity index (χ0v) is 18.4. The van der Waals surface area contributed by atoms with Crippen molar-refractivity contribution in [2.24, 2.45) is 5.92 Å². The first kappa shape index (κ1) is 21.8. The fourth-order valence-corrected chi connectivity index (χ4v) is 3.91. The number of benzene rings is 1. The topological polar surface area (TPSA) is 109 Å². The Morgan fingerprint density at radius 2 is 1.84 bits per heavy atom. The predicted molar refractivity (Wildman–Crippen MR) is 120 cm³/mol. The van der Waals surface area contributed by atoms with Crippen LogP contribution in [0.15, 0.2) is 42.6 Å². The van der Waals surface area contributed by atoms with Gasteiger partial charge in [-0.25, -0.2) is 4.98 Å². The average molecular weight is 438 g/mol. The number of ether oxygens (including phenoxy) is 1. The number of amides is 1. The Bertz CT molecular complexity index is 1130. The fourth-order valence-electron chi connectivity index (χ4n) is 3.91. The lowest BCUT2D eigenvalue weighted by Gasteiger charge is -2.32. The molecule has 1 fully saturated rings. The highest BCUT2D eigenvalue weighted by molar-refractivity contribution is 6.04. The van der Waals surface area contributed by atoms with Crippen LogP contribution in [0.5, 0.6) is 0 Å². The lowest BCUT2D eigenvalue weighted by molar-refractivity contribution is -0.146. The zero-order valence-electron chi connectivity index (χ0n) is 18.4. The molecule has 1 aliphatic rings. The van der Waals surface area contributed by atoms with Gasteiger partial charge in [0.1, 0.15) is 11.6 Å². The van der Waals surface area contributed by atoms with Crippen molar-refractivity contribution in [1.29, 1.82) is 0 Å². The normalized spacial score (nSPS) is 15.1. The van der Waals surface area contributed by atoms with Gasteiger partial charge >= 0.3 is 5.97 Å². The molecule has 9 nitrogen and oxygen atoms in total. The summed E-state index contributed by atoms with van der Waals surface area (Å²) in [5.41, 5.74) is 0.837. The van der Waals surface area contributed by atoms with E-state index in [4.69, 9.17) is 4.74 Å². The Morgan fingerprint density at radius 1 is 1.16 bits per heavy atom. The third kappa shape index (κ3) is 4.43. The van der Waals surface area contributed by atoms with Crippen molar-refractivity contribution in [3.63, 3.8) is 0 Å².